The topological polar surface area (TPSA) is 80.9 Å². The molecule has 3 aromatic rings. The zero-order valence-electron chi connectivity index (χ0n) is 16.3. The van der Waals surface area contributed by atoms with E-state index >= 15 is 0 Å². The molecule has 1 heterocycles. The third kappa shape index (κ3) is 5.27. The number of furan rings is 1. The lowest BCUT2D eigenvalue weighted by atomic mass is 10.1. The number of carbonyl (C=O) groups is 1. The molecule has 0 radical (unpaired) electrons. The molecule has 3 rings (SSSR count). The predicted molar refractivity (Wildman–Crippen MR) is 112 cm³/mol. The fourth-order valence-corrected chi connectivity index (χ4v) is 2.75. The summed E-state index contributed by atoms with van der Waals surface area (Å²) in [5.74, 6) is 2.21. The molecule has 0 aliphatic heterocycles. The third-order valence-electron chi connectivity index (χ3n) is 4.17. The number of benzene rings is 2. The second-order valence-electron chi connectivity index (χ2n) is 6.17. The Morgan fingerprint density at radius 1 is 1.10 bits per heavy atom. The van der Waals surface area contributed by atoms with Crippen LogP contribution < -0.4 is 14.8 Å². The SMILES string of the molecule is CCOc1ccc(/C=C/C(=O)Nc2ccc(-c3ccc(CO)o3)cc2)cc1OC. The van der Waals surface area contributed by atoms with Crippen LogP contribution in [0.2, 0.25) is 0 Å². The molecule has 0 unspecified atom stereocenters. The van der Waals surface area contributed by atoms with E-state index < -0.39 is 0 Å². The summed E-state index contributed by atoms with van der Waals surface area (Å²) < 4.78 is 16.3. The van der Waals surface area contributed by atoms with E-state index in [1.165, 1.54) is 6.08 Å². The van der Waals surface area contributed by atoms with E-state index in [1.54, 1.807) is 37.5 Å². The van der Waals surface area contributed by atoms with Crippen molar-refractivity contribution in [3.63, 3.8) is 0 Å². The summed E-state index contributed by atoms with van der Waals surface area (Å²) >= 11 is 0. The van der Waals surface area contributed by atoms with Crippen molar-refractivity contribution < 1.29 is 23.8 Å². The standard InChI is InChI=1S/C23H23NO5/c1-3-28-21-11-4-16(14-22(21)27-2)5-13-23(26)24-18-8-6-17(7-9-18)20-12-10-19(15-25)29-20/h4-14,25H,3,15H2,1-2H3,(H,24,26)/b13-5+. The van der Waals surface area contributed by atoms with Gasteiger partial charge in [-0.05, 0) is 67.1 Å². The molecular formula is C23H23NO5. The highest BCUT2D eigenvalue weighted by molar-refractivity contribution is 6.02. The van der Waals surface area contributed by atoms with Crippen LogP contribution in [0.3, 0.4) is 0 Å². The summed E-state index contributed by atoms with van der Waals surface area (Å²) in [5.41, 5.74) is 2.36. The van der Waals surface area contributed by atoms with Gasteiger partial charge < -0.3 is 24.3 Å². The maximum Gasteiger partial charge on any atom is 0.248 e. The van der Waals surface area contributed by atoms with Crippen molar-refractivity contribution in [3.8, 4) is 22.8 Å². The van der Waals surface area contributed by atoms with E-state index in [-0.39, 0.29) is 12.5 Å². The van der Waals surface area contributed by atoms with Crippen LogP contribution in [0, 0.1) is 0 Å². The smallest absolute Gasteiger partial charge is 0.248 e. The number of aliphatic hydroxyl groups is 1. The monoisotopic (exact) mass is 393 g/mol. The Kier molecular flexibility index (Phi) is 6.71. The molecule has 0 atom stereocenters. The summed E-state index contributed by atoms with van der Waals surface area (Å²) in [4.78, 5) is 12.2. The number of rotatable bonds is 8. The summed E-state index contributed by atoms with van der Waals surface area (Å²) in [6, 6.07) is 16.3. The minimum atomic E-state index is -0.244. The number of methoxy groups -OCH3 is 1. The van der Waals surface area contributed by atoms with Crippen LogP contribution in [-0.2, 0) is 11.4 Å². The number of aliphatic hydroxyl groups excluding tert-OH is 1. The summed E-state index contributed by atoms with van der Waals surface area (Å²) in [7, 11) is 1.58. The molecule has 1 amide bonds. The average molecular weight is 393 g/mol. The van der Waals surface area contributed by atoms with Crippen molar-refractivity contribution in [2.75, 3.05) is 19.0 Å². The highest BCUT2D eigenvalue weighted by Crippen LogP contribution is 2.28. The first kappa shape index (κ1) is 20.2. The highest BCUT2D eigenvalue weighted by atomic mass is 16.5. The Morgan fingerprint density at radius 3 is 2.55 bits per heavy atom. The minimum absolute atomic E-state index is 0.138. The molecule has 0 saturated carbocycles. The van der Waals surface area contributed by atoms with Crippen LogP contribution in [0.5, 0.6) is 11.5 Å². The van der Waals surface area contributed by atoms with E-state index in [0.717, 1.165) is 11.1 Å². The van der Waals surface area contributed by atoms with Gasteiger partial charge in [0.05, 0.1) is 13.7 Å². The molecular weight excluding hydrogens is 370 g/mol. The van der Waals surface area contributed by atoms with Crippen molar-refractivity contribution in [2.24, 2.45) is 0 Å². The summed E-state index contributed by atoms with van der Waals surface area (Å²) in [6.45, 7) is 2.32. The lowest BCUT2D eigenvalue weighted by molar-refractivity contribution is -0.111. The maximum absolute atomic E-state index is 12.2. The van der Waals surface area contributed by atoms with Crippen LogP contribution in [0.15, 0.2) is 65.1 Å². The van der Waals surface area contributed by atoms with Crippen LogP contribution >= 0.6 is 0 Å². The Bertz CT molecular complexity index is 989. The van der Waals surface area contributed by atoms with Gasteiger partial charge in [0.1, 0.15) is 18.1 Å². The number of nitrogens with one attached hydrogen (secondary N) is 1. The molecule has 6 heteroatoms. The van der Waals surface area contributed by atoms with Crippen molar-refractivity contribution in [1.82, 2.24) is 0 Å². The van der Waals surface area contributed by atoms with Gasteiger partial charge in [0.15, 0.2) is 11.5 Å². The van der Waals surface area contributed by atoms with E-state index in [0.29, 0.717) is 35.3 Å². The molecule has 150 valence electrons. The average Bonchev–Trinajstić information content (AvgIpc) is 3.23. The molecule has 0 aliphatic rings. The maximum atomic E-state index is 12.2. The van der Waals surface area contributed by atoms with Gasteiger partial charge in [-0.2, -0.15) is 0 Å². The molecule has 1 aromatic heterocycles. The van der Waals surface area contributed by atoms with Gasteiger partial charge in [-0.1, -0.05) is 6.07 Å². The molecule has 0 bridgehead atoms. The Morgan fingerprint density at radius 2 is 1.90 bits per heavy atom. The highest BCUT2D eigenvalue weighted by Gasteiger charge is 2.06. The quantitative estimate of drug-likeness (QED) is 0.551. The number of anilines is 1. The summed E-state index contributed by atoms with van der Waals surface area (Å²) in [6.07, 6.45) is 3.17. The van der Waals surface area contributed by atoms with Crippen molar-refractivity contribution >= 4 is 17.7 Å². The predicted octanol–water partition coefficient (Wildman–Crippen LogP) is 4.50. The van der Waals surface area contributed by atoms with E-state index in [4.69, 9.17) is 19.0 Å². The third-order valence-corrected chi connectivity index (χ3v) is 4.17. The van der Waals surface area contributed by atoms with Gasteiger partial charge in [-0.25, -0.2) is 0 Å². The second-order valence-corrected chi connectivity index (χ2v) is 6.17. The van der Waals surface area contributed by atoms with E-state index in [2.05, 4.69) is 5.32 Å². The lowest BCUT2D eigenvalue weighted by Crippen LogP contribution is -2.07. The van der Waals surface area contributed by atoms with Crippen molar-refractivity contribution in [1.29, 1.82) is 0 Å². The zero-order valence-corrected chi connectivity index (χ0v) is 16.3. The van der Waals surface area contributed by atoms with Gasteiger partial charge in [0.25, 0.3) is 0 Å². The molecule has 0 aliphatic carbocycles. The minimum Gasteiger partial charge on any atom is -0.493 e. The van der Waals surface area contributed by atoms with Crippen LogP contribution in [0.25, 0.3) is 17.4 Å². The number of ether oxygens (including phenoxy) is 2. The van der Waals surface area contributed by atoms with Crippen molar-refractivity contribution in [2.45, 2.75) is 13.5 Å². The van der Waals surface area contributed by atoms with Gasteiger partial charge in [-0.15, -0.1) is 0 Å². The molecule has 0 spiro atoms. The van der Waals surface area contributed by atoms with E-state index in [1.807, 2.05) is 37.3 Å². The zero-order chi connectivity index (χ0) is 20.6. The van der Waals surface area contributed by atoms with Gasteiger partial charge in [-0.3, -0.25) is 4.79 Å². The molecule has 2 aromatic carbocycles. The van der Waals surface area contributed by atoms with E-state index in [9.17, 15) is 4.79 Å². The molecule has 6 nitrogen and oxygen atoms in total. The Labute approximate surface area is 169 Å². The number of carbonyl (C=O) groups excluding carboxylic acids is 1. The molecule has 2 N–H and O–H groups in total. The summed E-state index contributed by atoms with van der Waals surface area (Å²) in [5, 5.41) is 11.9. The van der Waals surface area contributed by atoms with Crippen LogP contribution in [0.4, 0.5) is 5.69 Å². The first-order valence-corrected chi connectivity index (χ1v) is 9.23. The largest absolute Gasteiger partial charge is 0.493 e. The fraction of sp³-hybridized carbons (Fsp3) is 0.174. The number of hydrogen-bond acceptors (Lipinski definition) is 5. The lowest BCUT2D eigenvalue weighted by Gasteiger charge is -2.09. The first-order valence-electron chi connectivity index (χ1n) is 9.23. The molecule has 0 fully saturated rings. The first-order chi connectivity index (χ1) is 14.1. The van der Waals surface area contributed by atoms with Crippen LogP contribution in [-0.4, -0.2) is 24.7 Å². The number of amides is 1. The molecule has 0 saturated heterocycles. The van der Waals surface area contributed by atoms with Gasteiger partial charge in [0.2, 0.25) is 5.91 Å². The number of hydrogen-bond donors (Lipinski definition) is 2. The molecule has 29 heavy (non-hydrogen) atoms. The van der Waals surface area contributed by atoms with Gasteiger partial charge in [0, 0.05) is 17.3 Å². The van der Waals surface area contributed by atoms with Crippen LogP contribution in [0.1, 0.15) is 18.2 Å². The normalized spacial score (nSPS) is 10.9. The Hall–Kier alpha value is -3.51. The Balaban J connectivity index is 1.63. The van der Waals surface area contributed by atoms with Crippen molar-refractivity contribution in [3.05, 3.63) is 72.0 Å². The second kappa shape index (κ2) is 9.61. The fourth-order valence-electron chi connectivity index (χ4n) is 2.75. The van der Waals surface area contributed by atoms with Gasteiger partial charge >= 0.3 is 0 Å².